The van der Waals surface area contributed by atoms with Crippen molar-refractivity contribution in [3.63, 3.8) is 0 Å². The van der Waals surface area contributed by atoms with E-state index in [1.54, 1.807) is 0 Å². The lowest BCUT2D eigenvalue weighted by Crippen LogP contribution is -2.02. The molecule has 0 fully saturated rings. The minimum Gasteiger partial charge on any atom is -0.462 e. The van der Waals surface area contributed by atoms with Gasteiger partial charge in [-0.1, -0.05) is 62.2 Å². The number of hydrogen-bond acceptors (Lipinski definition) is 2. The molecule has 88 valence electrons. The average Bonchev–Trinajstić information content (AvgIpc) is 2.15. The molecule has 0 aromatic heterocycles. The summed E-state index contributed by atoms with van der Waals surface area (Å²) in [4.78, 5) is 10.9. The van der Waals surface area contributed by atoms with E-state index >= 15 is 0 Å². The average molecular weight is 253 g/mol. The molecule has 15 heavy (non-hydrogen) atoms. The van der Waals surface area contributed by atoms with Gasteiger partial charge in [-0.25, -0.2) is 4.79 Å². The van der Waals surface area contributed by atoms with Crippen LogP contribution in [0.5, 0.6) is 0 Å². The highest BCUT2D eigenvalue weighted by atomic mass is 35.5. The summed E-state index contributed by atoms with van der Waals surface area (Å²) in [6, 6.07) is 0. The summed E-state index contributed by atoms with van der Waals surface area (Å²) in [7, 11) is 0. The van der Waals surface area contributed by atoms with E-state index in [0.717, 1.165) is 18.9 Å². The van der Waals surface area contributed by atoms with Crippen molar-refractivity contribution in [2.45, 2.75) is 45.4 Å². The van der Waals surface area contributed by atoms with Crippen molar-refractivity contribution in [2.75, 3.05) is 6.61 Å². The van der Waals surface area contributed by atoms with Crippen molar-refractivity contribution >= 4 is 29.2 Å². The molecule has 0 heterocycles. The normalized spacial score (nSPS) is 9.80. The van der Waals surface area contributed by atoms with Crippen LogP contribution < -0.4 is 0 Å². The summed E-state index contributed by atoms with van der Waals surface area (Å²) in [5.74, 6) is -0.469. The number of esters is 1. The second kappa shape index (κ2) is 10.3. The monoisotopic (exact) mass is 252 g/mol. The van der Waals surface area contributed by atoms with Gasteiger partial charge in [0.2, 0.25) is 0 Å². The van der Waals surface area contributed by atoms with Crippen molar-refractivity contribution in [3.8, 4) is 0 Å². The molecule has 0 saturated heterocycles. The first-order valence-electron chi connectivity index (χ1n) is 5.36. The second-order valence-electron chi connectivity index (χ2n) is 3.37. The maximum absolute atomic E-state index is 10.9. The smallest absolute Gasteiger partial charge is 0.333 e. The Bertz CT molecular complexity index is 199. The Kier molecular flexibility index (Phi) is 10.2. The molecule has 0 aliphatic heterocycles. The summed E-state index contributed by atoms with van der Waals surface area (Å²) < 4.78 is 4.81. The van der Waals surface area contributed by atoms with Crippen LogP contribution in [0.4, 0.5) is 0 Å². The number of halogens is 2. The first-order chi connectivity index (χ1) is 7.16. The summed E-state index contributed by atoms with van der Waals surface area (Å²) in [5, 5.41) is 0. The minimum absolute atomic E-state index is 0.0667. The molecule has 0 aromatic rings. The Morgan fingerprint density at radius 2 is 1.73 bits per heavy atom. The largest absolute Gasteiger partial charge is 0.462 e. The summed E-state index contributed by atoms with van der Waals surface area (Å²) in [6.45, 7) is 2.63. The van der Waals surface area contributed by atoms with Crippen LogP contribution in [0.25, 0.3) is 0 Å². The van der Waals surface area contributed by atoms with Crippen molar-refractivity contribution in [1.29, 1.82) is 0 Å². The maximum atomic E-state index is 10.9. The zero-order chi connectivity index (χ0) is 11.5. The van der Waals surface area contributed by atoms with Gasteiger partial charge in [-0.05, 0) is 6.42 Å². The van der Waals surface area contributed by atoms with Gasteiger partial charge in [0.1, 0.15) is 4.49 Å². The van der Waals surface area contributed by atoms with Crippen molar-refractivity contribution < 1.29 is 9.53 Å². The van der Waals surface area contributed by atoms with Crippen LogP contribution in [0.15, 0.2) is 10.6 Å². The van der Waals surface area contributed by atoms with Crippen molar-refractivity contribution in [1.82, 2.24) is 0 Å². The van der Waals surface area contributed by atoms with E-state index in [4.69, 9.17) is 27.9 Å². The Balaban J connectivity index is 3.24. The molecular weight excluding hydrogens is 235 g/mol. The maximum Gasteiger partial charge on any atom is 0.333 e. The Morgan fingerprint density at radius 3 is 2.33 bits per heavy atom. The van der Waals surface area contributed by atoms with Gasteiger partial charge in [0.15, 0.2) is 0 Å². The molecule has 0 aliphatic carbocycles. The van der Waals surface area contributed by atoms with Crippen LogP contribution >= 0.6 is 23.2 Å². The molecule has 0 aromatic carbocycles. The fourth-order valence-electron chi connectivity index (χ4n) is 1.19. The predicted octanol–water partition coefficient (Wildman–Crippen LogP) is 4.21. The molecule has 0 aliphatic rings. The predicted molar refractivity (Wildman–Crippen MR) is 64.1 cm³/mol. The molecule has 0 amide bonds. The van der Waals surface area contributed by atoms with E-state index in [2.05, 4.69) is 6.92 Å². The van der Waals surface area contributed by atoms with Gasteiger partial charge in [0.05, 0.1) is 12.7 Å². The minimum atomic E-state index is -0.469. The van der Waals surface area contributed by atoms with Gasteiger partial charge in [-0.15, -0.1) is 0 Å². The van der Waals surface area contributed by atoms with Gasteiger partial charge in [0, 0.05) is 0 Å². The first kappa shape index (κ1) is 14.8. The molecule has 0 N–H and O–H groups in total. The highest BCUT2D eigenvalue weighted by molar-refractivity contribution is 6.56. The fraction of sp³-hybridized carbons (Fsp3) is 0.727. The first-order valence-corrected chi connectivity index (χ1v) is 6.12. The number of carbonyl (C=O) groups is 1. The lowest BCUT2D eigenvalue weighted by atomic mass is 10.1. The fourth-order valence-corrected chi connectivity index (χ4v) is 1.36. The molecule has 4 heteroatoms. The number of rotatable bonds is 8. The van der Waals surface area contributed by atoms with Crippen LogP contribution in [0.3, 0.4) is 0 Å². The molecule has 0 unspecified atom stereocenters. The lowest BCUT2D eigenvalue weighted by Gasteiger charge is -2.01. The standard InChI is InChI=1S/C11H18Cl2O2/c1-2-3-4-5-6-7-8-15-11(14)9-10(12)13/h9H,2-8H2,1H3. The SMILES string of the molecule is CCCCCCCCOC(=O)C=C(Cl)Cl. The van der Waals surface area contributed by atoms with E-state index in [0.29, 0.717) is 6.61 Å². The molecule has 0 saturated carbocycles. The molecule has 0 rings (SSSR count). The van der Waals surface area contributed by atoms with Gasteiger partial charge >= 0.3 is 5.97 Å². The quantitative estimate of drug-likeness (QED) is 0.368. The number of unbranched alkanes of at least 4 members (excludes halogenated alkanes) is 5. The highest BCUT2D eigenvalue weighted by Crippen LogP contribution is 2.07. The van der Waals surface area contributed by atoms with Crippen LogP contribution in [-0.4, -0.2) is 12.6 Å². The van der Waals surface area contributed by atoms with E-state index in [1.165, 1.54) is 25.7 Å². The third-order valence-electron chi connectivity index (χ3n) is 1.97. The van der Waals surface area contributed by atoms with Crippen LogP contribution in [0.1, 0.15) is 45.4 Å². The summed E-state index contributed by atoms with van der Waals surface area (Å²) >= 11 is 10.6. The Labute approximate surface area is 102 Å². The molecule has 0 atom stereocenters. The van der Waals surface area contributed by atoms with Gasteiger partial charge in [-0.2, -0.15) is 0 Å². The molecule has 0 spiro atoms. The van der Waals surface area contributed by atoms with Gasteiger partial charge in [0.25, 0.3) is 0 Å². The Hall–Kier alpha value is -0.210. The van der Waals surface area contributed by atoms with Crippen LogP contribution in [0.2, 0.25) is 0 Å². The van der Waals surface area contributed by atoms with E-state index in [-0.39, 0.29) is 4.49 Å². The lowest BCUT2D eigenvalue weighted by molar-refractivity contribution is -0.137. The Morgan fingerprint density at radius 1 is 1.13 bits per heavy atom. The zero-order valence-corrected chi connectivity index (χ0v) is 10.6. The van der Waals surface area contributed by atoms with E-state index < -0.39 is 5.97 Å². The second-order valence-corrected chi connectivity index (χ2v) is 4.38. The zero-order valence-electron chi connectivity index (χ0n) is 9.10. The van der Waals surface area contributed by atoms with Gasteiger partial charge in [-0.3, -0.25) is 0 Å². The van der Waals surface area contributed by atoms with Crippen LogP contribution in [0, 0.1) is 0 Å². The highest BCUT2D eigenvalue weighted by Gasteiger charge is 1.98. The van der Waals surface area contributed by atoms with Crippen molar-refractivity contribution in [2.24, 2.45) is 0 Å². The topological polar surface area (TPSA) is 26.3 Å². The van der Waals surface area contributed by atoms with Crippen molar-refractivity contribution in [3.05, 3.63) is 10.6 Å². The third-order valence-corrected chi connectivity index (χ3v) is 2.19. The van der Waals surface area contributed by atoms with E-state index in [9.17, 15) is 4.79 Å². The van der Waals surface area contributed by atoms with Gasteiger partial charge < -0.3 is 4.74 Å². The summed E-state index contributed by atoms with van der Waals surface area (Å²) in [6.07, 6.45) is 8.07. The van der Waals surface area contributed by atoms with Crippen LogP contribution in [-0.2, 0) is 9.53 Å². The van der Waals surface area contributed by atoms with E-state index in [1.807, 2.05) is 0 Å². The molecule has 2 nitrogen and oxygen atoms in total. The number of ether oxygens (including phenoxy) is 1. The number of hydrogen-bond donors (Lipinski definition) is 0. The summed E-state index contributed by atoms with van der Waals surface area (Å²) in [5.41, 5.74) is 0. The third kappa shape index (κ3) is 11.7. The number of carbonyl (C=O) groups excluding carboxylic acids is 1. The molecule has 0 bridgehead atoms. The molecule has 0 radical (unpaired) electrons. The molecular formula is C11H18Cl2O2.